The van der Waals surface area contributed by atoms with Crippen molar-refractivity contribution in [1.29, 1.82) is 0 Å². The molecule has 0 aliphatic carbocycles. The van der Waals surface area contributed by atoms with Gasteiger partial charge in [-0.1, -0.05) is 29.3 Å². The molecule has 0 radical (unpaired) electrons. The van der Waals surface area contributed by atoms with Crippen LogP contribution >= 0.6 is 23.2 Å². The lowest BCUT2D eigenvalue weighted by Gasteiger charge is -2.22. The average Bonchev–Trinajstić information content (AvgIpc) is 3.29. The molecule has 0 spiro atoms. The molecule has 2 heterocycles. The summed E-state index contributed by atoms with van der Waals surface area (Å²) in [7, 11) is 1.59. The highest BCUT2D eigenvalue weighted by molar-refractivity contribution is 6.42. The zero-order valence-corrected chi connectivity index (χ0v) is 17.6. The monoisotopic (exact) mass is 445 g/mol. The number of aromatic nitrogens is 1. The topological polar surface area (TPSA) is 84.7 Å². The van der Waals surface area contributed by atoms with Gasteiger partial charge in [-0.25, -0.2) is 9.78 Å². The molecule has 1 unspecified atom stereocenters. The van der Waals surface area contributed by atoms with Crippen molar-refractivity contribution in [3.05, 3.63) is 70.0 Å². The van der Waals surface area contributed by atoms with Crippen LogP contribution in [0.25, 0.3) is 11.5 Å². The van der Waals surface area contributed by atoms with Crippen LogP contribution in [0.3, 0.4) is 0 Å². The van der Waals surface area contributed by atoms with Gasteiger partial charge in [0.25, 0.3) is 5.91 Å². The predicted octanol–water partition coefficient (Wildman–Crippen LogP) is 4.62. The molecule has 2 aromatic carbocycles. The molecule has 4 rings (SSSR count). The number of ether oxygens (including phenoxy) is 1. The van der Waals surface area contributed by atoms with Gasteiger partial charge in [-0.2, -0.15) is 0 Å². The van der Waals surface area contributed by atoms with Crippen LogP contribution in [0.2, 0.25) is 10.0 Å². The van der Waals surface area contributed by atoms with Crippen molar-refractivity contribution in [1.82, 2.24) is 15.2 Å². The van der Waals surface area contributed by atoms with Crippen molar-refractivity contribution in [2.24, 2.45) is 0 Å². The van der Waals surface area contributed by atoms with Crippen LogP contribution < -0.4 is 10.1 Å². The number of nitrogens with one attached hydrogen (secondary N) is 1. The zero-order chi connectivity index (χ0) is 21.5. The summed E-state index contributed by atoms with van der Waals surface area (Å²) in [5, 5.41) is 3.40. The van der Waals surface area contributed by atoms with E-state index in [2.05, 4.69) is 10.3 Å². The third-order valence-corrected chi connectivity index (χ3v) is 5.72. The van der Waals surface area contributed by atoms with E-state index in [0.717, 1.165) is 10.5 Å². The van der Waals surface area contributed by atoms with Crippen LogP contribution in [-0.4, -0.2) is 28.9 Å². The number of methoxy groups -OCH3 is 1. The number of hydrogen-bond acceptors (Lipinski definition) is 5. The molecule has 154 valence electrons. The first-order chi connectivity index (χ1) is 14.3. The normalized spacial score (nSPS) is 18.6. The number of oxazole rings is 1. The molecule has 1 saturated heterocycles. The molecule has 1 atom stereocenters. The van der Waals surface area contributed by atoms with Gasteiger partial charge >= 0.3 is 6.03 Å². The summed E-state index contributed by atoms with van der Waals surface area (Å²) in [5.74, 6) is 0.679. The van der Waals surface area contributed by atoms with E-state index < -0.39 is 17.5 Å². The van der Waals surface area contributed by atoms with Crippen LogP contribution in [0.5, 0.6) is 5.75 Å². The Hall–Kier alpha value is -3.03. The van der Waals surface area contributed by atoms with Gasteiger partial charge in [-0.05, 0) is 48.9 Å². The standard InChI is InChI=1S/C21H17Cl2N3O4/c1-21(13-5-8-16(22)17(23)9-13)19(27)26(20(28)25-21)10-14-11-30-18(24-14)12-3-6-15(29-2)7-4-12/h3-9,11H,10H2,1-2H3,(H,25,28). The van der Waals surface area contributed by atoms with E-state index in [0.29, 0.717) is 32.9 Å². The molecular formula is C21H17Cl2N3O4. The van der Waals surface area contributed by atoms with Gasteiger partial charge < -0.3 is 14.5 Å². The lowest BCUT2D eigenvalue weighted by atomic mass is 9.92. The maximum atomic E-state index is 13.1. The minimum absolute atomic E-state index is 0.0266. The molecular weight excluding hydrogens is 429 g/mol. The van der Waals surface area contributed by atoms with E-state index in [-0.39, 0.29) is 6.54 Å². The Morgan fingerprint density at radius 1 is 1.13 bits per heavy atom. The van der Waals surface area contributed by atoms with Crippen molar-refractivity contribution < 1.29 is 18.7 Å². The minimum atomic E-state index is -1.26. The van der Waals surface area contributed by atoms with Crippen LogP contribution in [-0.2, 0) is 16.9 Å². The molecule has 1 fully saturated rings. The van der Waals surface area contributed by atoms with Gasteiger partial charge in [0.15, 0.2) is 0 Å². The second-order valence-electron chi connectivity index (χ2n) is 6.95. The van der Waals surface area contributed by atoms with Gasteiger partial charge in [-0.15, -0.1) is 0 Å². The highest BCUT2D eigenvalue weighted by Crippen LogP contribution is 2.33. The summed E-state index contributed by atoms with van der Waals surface area (Å²) in [5.41, 5.74) is 0.479. The summed E-state index contributed by atoms with van der Waals surface area (Å²) in [4.78, 5) is 31.1. The van der Waals surface area contributed by atoms with Crippen molar-refractivity contribution in [2.75, 3.05) is 7.11 Å². The van der Waals surface area contributed by atoms with Gasteiger partial charge in [0, 0.05) is 5.56 Å². The van der Waals surface area contributed by atoms with Gasteiger partial charge in [0.05, 0.1) is 29.4 Å². The van der Waals surface area contributed by atoms with Crippen molar-refractivity contribution in [3.63, 3.8) is 0 Å². The molecule has 1 N–H and O–H groups in total. The Morgan fingerprint density at radius 2 is 1.87 bits per heavy atom. The number of carbonyl (C=O) groups excluding carboxylic acids is 2. The van der Waals surface area contributed by atoms with Gasteiger partial charge in [0.2, 0.25) is 5.89 Å². The maximum Gasteiger partial charge on any atom is 0.325 e. The number of rotatable bonds is 5. The number of carbonyl (C=O) groups is 2. The molecule has 30 heavy (non-hydrogen) atoms. The second kappa shape index (κ2) is 7.66. The number of imide groups is 1. The number of hydrogen-bond donors (Lipinski definition) is 1. The van der Waals surface area contributed by atoms with Crippen molar-refractivity contribution in [2.45, 2.75) is 19.0 Å². The smallest absolute Gasteiger partial charge is 0.325 e. The van der Waals surface area contributed by atoms with Crippen molar-refractivity contribution >= 4 is 35.1 Å². The SMILES string of the molecule is COc1ccc(-c2nc(CN3C(=O)NC(C)(c4ccc(Cl)c(Cl)c4)C3=O)co2)cc1. The van der Waals surface area contributed by atoms with Crippen LogP contribution in [0.4, 0.5) is 4.79 Å². The minimum Gasteiger partial charge on any atom is -0.497 e. The largest absolute Gasteiger partial charge is 0.497 e. The number of amides is 3. The first-order valence-electron chi connectivity index (χ1n) is 9.00. The summed E-state index contributed by atoms with van der Waals surface area (Å²) >= 11 is 12.0. The molecule has 7 nitrogen and oxygen atoms in total. The maximum absolute atomic E-state index is 13.1. The summed E-state index contributed by atoms with van der Waals surface area (Å²) in [6.07, 6.45) is 1.43. The van der Waals surface area contributed by atoms with Crippen molar-refractivity contribution in [3.8, 4) is 17.2 Å². The Morgan fingerprint density at radius 3 is 2.53 bits per heavy atom. The van der Waals surface area contributed by atoms with Crippen LogP contribution in [0, 0.1) is 0 Å². The summed E-state index contributed by atoms with van der Waals surface area (Å²) in [6.45, 7) is 1.60. The van der Waals surface area contributed by atoms with E-state index >= 15 is 0 Å². The van der Waals surface area contributed by atoms with Gasteiger partial charge in [-0.3, -0.25) is 9.69 Å². The lowest BCUT2D eigenvalue weighted by Crippen LogP contribution is -2.40. The molecule has 3 aromatic rings. The quantitative estimate of drug-likeness (QED) is 0.578. The molecule has 3 amide bonds. The van der Waals surface area contributed by atoms with Gasteiger partial charge in [0.1, 0.15) is 17.6 Å². The number of nitrogens with zero attached hydrogens (tertiary/aromatic N) is 2. The van der Waals surface area contributed by atoms with E-state index in [1.54, 1.807) is 44.4 Å². The molecule has 1 aromatic heterocycles. The zero-order valence-electron chi connectivity index (χ0n) is 16.1. The Labute approximate surface area is 182 Å². The Kier molecular flexibility index (Phi) is 5.17. The molecule has 0 bridgehead atoms. The molecule has 1 aliphatic heterocycles. The first-order valence-corrected chi connectivity index (χ1v) is 9.76. The average molecular weight is 446 g/mol. The highest BCUT2D eigenvalue weighted by atomic mass is 35.5. The number of halogens is 2. The molecule has 1 aliphatic rings. The summed E-state index contributed by atoms with van der Waals surface area (Å²) < 4.78 is 10.7. The second-order valence-corrected chi connectivity index (χ2v) is 7.76. The fourth-order valence-electron chi connectivity index (χ4n) is 3.25. The van der Waals surface area contributed by atoms with Crippen LogP contribution in [0.1, 0.15) is 18.2 Å². The fourth-order valence-corrected chi connectivity index (χ4v) is 3.55. The Bertz CT molecular complexity index is 1130. The van der Waals surface area contributed by atoms with E-state index in [4.69, 9.17) is 32.4 Å². The third-order valence-electron chi connectivity index (χ3n) is 4.98. The fraction of sp³-hybridized carbons (Fsp3) is 0.190. The van der Waals surface area contributed by atoms with E-state index in [1.807, 2.05) is 12.1 Å². The summed E-state index contributed by atoms with van der Waals surface area (Å²) in [6, 6.07) is 11.5. The lowest BCUT2D eigenvalue weighted by molar-refractivity contribution is -0.131. The predicted molar refractivity (Wildman–Crippen MR) is 111 cm³/mol. The highest BCUT2D eigenvalue weighted by Gasteiger charge is 2.49. The number of benzene rings is 2. The third kappa shape index (κ3) is 3.51. The van der Waals surface area contributed by atoms with E-state index in [9.17, 15) is 9.59 Å². The Balaban J connectivity index is 1.55. The first kappa shape index (κ1) is 20.3. The molecule has 9 heteroatoms. The molecule has 0 saturated carbocycles. The van der Waals surface area contributed by atoms with E-state index in [1.165, 1.54) is 6.26 Å². The number of urea groups is 1. The van der Waals surface area contributed by atoms with Crippen LogP contribution in [0.15, 0.2) is 53.1 Å².